The highest BCUT2D eigenvalue weighted by Gasteiger charge is 2.25. The zero-order chi connectivity index (χ0) is 17.2. The molecule has 4 nitrogen and oxygen atoms in total. The van der Waals surface area contributed by atoms with E-state index in [0.717, 1.165) is 56.9 Å². The van der Waals surface area contributed by atoms with Gasteiger partial charge in [0.05, 0.1) is 0 Å². The molecule has 0 bridgehead atoms. The van der Waals surface area contributed by atoms with Crippen LogP contribution >= 0.6 is 0 Å². The van der Waals surface area contributed by atoms with Crippen LogP contribution in [-0.2, 0) is 17.2 Å². The van der Waals surface area contributed by atoms with E-state index in [0.29, 0.717) is 11.3 Å². The van der Waals surface area contributed by atoms with Gasteiger partial charge in [-0.05, 0) is 38.2 Å². The first-order valence-corrected chi connectivity index (χ1v) is 10.6. The van der Waals surface area contributed by atoms with Gasteiger partial charge >= 0.3 is 0 Å². The molecular weight excluding hydrogens is 318 g/mol. The van der Waals surface area contributed by atoms with E-state index in [9.17, 15) is 4.21 Å². The molecule has 0 amide bonds. The van der Waals surface area contributed by atoms with Crippen molar-refractivity contribution in [3.63, 3.8) is 0 Å². The van der Waals surface area contributed by atoms with Crippen molar-refractivity contribution < 1.29 is 4.21 Å². The maximum Gasteiger partial charge on any atom is 0.191 e. The van der Waals surface area contributed by atoms with Crippen LogP contribution in [0.1, 0.15) is 45.1 Å². The number of hydrogen-bond donors (Lipinski definition) is 2. The molecule has 0 aliphatic heterocycles. The Balaban J connectivity index is 1.87. The van der Waals surface area contributed by atoms with E-state index in [2.05, 4.69) is 41.8 Å². The first kappa shape index (κ1) is 19.0. The fourth-order valence-electron chi connectivity index (χ4n) is 3.21. The molecule has 1 aromatic rings. The van der Waals surface area contributed by atoms with Gasteiger partial charge in [0, 0.05) is 40.9 Å². The molecule has 0 saturated heterocycles. The zero-order valence-electron chi connectivity index (χ0n) is 15.0. The molecule has 1 aromatic carbocycles. The van der Waals surface area contributed by atoms with Crippen LogP contribution < -0.4 is 10.6 Å². The molecule has 1 fully saturated rings. The Morgan fingerprint density at radius 2 is 2.04 bits per heavy atom. The first-order chi connectivity index (χ1) is 11.7. The van der Waals surface area contributed by atoms with Crippen molar-refractivity contribution in [2.45, 2.75) is 57.2 Å². The third-order valence-electron chi connectivity index (χ3n) is 4.48. The minimum absolute atomic E-state index is 0.341. The Labute approximate surface area is 149 Å². The smallest absolute Gasteiger partial charge is 0.191 e. The number of nitrogens with one attached hydrogen (secondary N) is 2. The lowest BCUT2D eigenvalue weighted by atomic mass is 9.95. The van der Waals surface area contributed by atoms with Crippen molar-refractivity contribution >= 4 is 16.8 Å². The molecular formula is C19H31N3OS. The molecule has 1 aliphatic carbocycles. The van der Waals surface area contributed by atoms with Crippen LogP contribution in [0.4, 0.5) is 0 Å². The molecule has 5 heteroatoms. The summed E-state index contributed by atoms with van der Waals surface area (Å²) in [6.07, 6.45) is 5.33. The standard InChI is InChI=1S/C19H31N3OS/c1-3-20-19(21-14-13-16-9-6-5-7-10-16)22-17-11-8-12-18(15-17)24(23)4-2/h5-7,9-10,17-18H,3-4,8,11-15H2,1-2H3,(H2,20,21,22). The summed E-state index contributed by atoms with van der Waals surface area (Å²) in [4.78, 5) is 4.71. The van der Waals surface area contributed by atoms with Crippen LogP contribution in [0, 0.1) is 0 Å². The quantitative estimate of drug-likeness (QED) is 0.588. The summed E-state index contributed by atoms with van der Waals surface area (Å²) in [6, 6.07) is 10.8. The SMILES string of the molecule is CCNC(=NCCc1ccccc1)NC1CCCC(S(=O)CC)C1. The maximum atomic E-state index is 12.1. The molecule has 24 heavy (non-hydrogen) atoms. The molecule has 3 unspecified atom stereocenters. The number of hydrogen-bond acceptors (Lipinski definition) is 2. The van der Waals surface area contributed by atoms with E-state index >= 15 is 0 Å². The second-order valence-corrected chi connectivity index (χ2v) is 8.30. The molecule has 0 aromatic heterocycles. The van der Waals surface area contributed by atoms with Gasteiger partial charge in [-0.2, -0.15) is 0 Å². The van der Waals surface area contributed by atoms with Gasteiger partial charge < -0.3 is 10.6 Å². The Morgan fingerprint density at radius 3 is 2.75 bits per heavy atom. The van der Waals surface area contributed by atoms with Crippen molar-refractivity contribution in [1.29, 1.82) is 0 Å². The minimum Gasteiger partial charge on any atom is -0.357 e. The number of nitrogens with zero attached hydrogens (tertiary/aromatic N) is 1. The van der Waals surface area contributed by atoms with E-state index < -0.39 is 10.8 Å². The fraction of sp³-hybridized carbons (Fsp3) is 0.632. The summed E-state index contributed by atoms with van der Waals surface area (Å²) in [5.74, 6) is 1.66. The fourth-order valence-corrected chi connectivity index (χ4v) is 4.55. The minimum atomic E-state index is -0.683. The Kier molecular flexibility index (Phi) is 8.29. The molecule has 0 heterocycles. The molecule has 0 spiro atoms. The van der Waals surface area contributed by atoms with Gasteiger partial charge in [0.15, 0.2) is 5.96 Å². The lowest BCUT2D eigenvalue weighted by Crippen LogP contribution is -2.46. The average Bonchev–Trinajstić information content (AvgIpc) is 2.62. The van der Waals surface area contributed by atoms with Gasteiger partial charge in [-0.25, -0.2) is 0 Å². The van der Waals surface area contributed by atoms with Gasteiger partial charge in [-0.1, -0.05) is 43.7 Å². The van der Waals surface area contributed by atoms with Crippen LogP contribution in [0.3, 0.4) is 0 Å². The molecule has 1 saturated carbocycles. The predicted molar refractivity (Wildman–Crippen MR) is 104 cm³/mol. The molecule has 134 valence electrons. The van der Waals surface area contributed by atoms with Crippen molar-refractivity contribution in [3.8, 4) is 0 Å². The number of rotatable bonds is 7. The lowest BCUT2D eigenvalue weighted by Gasteiger charge is -2.30. The largest absolute Gasteiger partial charge is 0.357 e. The van der Waals surface area contributed by atoms with Crippen LogP contribution in [0.25, 0.3) is 0 Å². The third kappa shape index (κ3) is 6.27. The summed E-state index contributed by atoms with van der Waals surface area (Å²) in [6.45, 7) is 5.73. The molecule has 3 atom stereocenters. The second-order valence-electron chi connectivity index (χ2n) is 6.30. The van der Waals surface area contributed by atoms with Crippen LogP contribution in [0.5, 0.6) is 0 Å². The van der Waals surface area contributed by atoms with Crippen molar-refractivity contribution in [3.05, 3.63) is 35.9 Å². The topological polar surface area (TPSA) is 53.5 Å². The average molecular weight is 350 g/mol. The maximum absolute atomic E-state index is 12.1. The Hall–Kier alpha value is -1.36. The zero-order valence-corrected chi connectivity index (χ0v) is 15.8. The van der Waals surface area contributed by atoms with Gasteiger partial charge in [-0.3, -0.25) is 9.20 Å². The van der Waals surface area contributed by atoms with Gasteiger partial charge in [0.1, 0.15) is 0 Å². The normalized spacial score (nSPS) is 22.8. The van der Waals surface area contributed by atoms with Crippen molar-refractivity contribution in [2.75, 3.05) is 18.8 Å². The first-order valence-electron chi connectivity index (χ1n) is 9.18. The van der Waals surface area contributed by atoms with Crippen LogP contribution in [0.15, 0.2) is 35.3 Å². The summed E-state index contributed by atoms with van der Waals surface area (Å²) in [5.41, 5.74) is 1.31. The summed E-state index contributed by atoms with van der Waals surface area (Å²) < 4.78 is 12.1. The lowest BCUT2D eigenvalue weighted by molar-refractivity contribution is 0.413. The van der Waals surface area contributed by atoms with Crippen LogP contribution in [-0.4, -0.2) is 40.3 Å². The highest BCUT2D eigenvalue weighted by molar-refractivity contribution is 7.85. The van der Waals surface area contributed by atoms with E-state index in [1.54, 1.807) is 0 Å². The van der Waals surface area contributed by atoms with E-state index in [1.807, 2.05) is 13.0 Å². The van der Waals surface area contributed by atoms with E-state index in [1.165, 1.54) is 5.56 Å². The summed E-state index contributed by atoms with van der Waals surface area (Å²) >= 11 is 0. The van der Waals surface area contributed by atoms with Gasteiger partial charge in [0.2, 0.25) is 0 Å². The summed E-state index contributed by atoms with van der Waals surface area (Å²) in [5, 5.41) is 7.23. The number of benzene rings is 1. The molecule has 0 radical (unpaired) electrons. The van der Waals surface area contributed by atoms with Crippen molar-refractivity contribution in [2.24, 2.45) is 4.99 Å². The molecule has 1 aliphatic rings. The van der Waals surface area contributed by atoms with E-state index in [-0.39, 0.29) is 0 Å². The van der Waals surface area contributed by atoms with Crippen LogP contribution in [0.2, 0.25) is 0 Å². The Bertz CT molecular complexity index is 533. The highest BCUT2D eigenvalue weighted by atomic mass is 32.2. The number of guanidine groups is 1. The third-order valence-corrected chi connectivity index (χ3v) is 6.22. The Morgan fingerprint density at radius 1 is 1.25 bits per heavy atom. The van der Waals surface area contributed by atoms with E-state index in [4.69, 9.17) is 4.99 Å². The predicted octanol–water partition coefficient (Wildman–Crippen LogP) is 2.86. The summed E-state index contributed by atoms with van der Waals surface area (Å²) in [7, 11) is -0.683. The van der Waals surface area contributed by atoms with Crippen molar-refractivity contribution in [1.82, 2.24) is 10.6 Å². The molecule has 2 N–H and O–H groups in total. The monoisotopic (exact) mass is 349 g/mol. The number of aliphatic imine (C=N–C) groups is 1. The highest BCUT2D eigenvalue weighted by Crippen LogP contribution is 2.22. The van der Waals surface area contributed by atoms with Gasteiger partial charge in [0.25, 0.3) is 0 Å². The van der Waals surface area contributed by atoms with Gasteiger partial charge in [-0.15, -0.1) is 0 Å². The molecule has 2 rings (SSSR count). The second kappa shape index (κ2) is 10.5.